The van der Waals surface area contributed by atoms with Gasteiger partial charge in [0.1, 0.15) is 0 Å². The molecule has 0 bridgehead atoms. The van der Waals surface area contributed by atoms with Crippen molar-refractivity contribution in [2.45, 2.75) is 32.5 Å². The highest BCUT2D eigenvalue weighted by molar-refractivity contribution is 6.30. The van der Waals surface area contributed by atoms with Crippen LogP contribution in [0, 0.1) is 5.92 Å². The first kappa shape index (κ1) is 17.6. The van der Waals surface area contributed by atoms with Crippen LogP contribution in [0.2, 0.25) is 5.02 Å². The first-order valence-electron chi connectivity index (χ1n) is 7.66. The summed E-state index contributed by atoms with van der Waals surface area (Å²) in [5.74, 6) is 0.139. The van der Waals surface area contributed by atoms with Gasteiger partial charge in [0.25, 0.3) is 0 Å². The number of halogens is 4. The molecule has 1 aromatic rings. The van der Waals surface area contributed by atoms with Crippen molar-refractivity contribution in [3.8, 4) is 0 Å². The SMILES string of the molecule is CCC(C)[C@H](c1ccc(Cl)cc1C(F)(F)F)N1CCNCC1. The van der Waals surface area contributed by atoms with Crippen molar-refractivity contribution in [3.63, 3.8) is 0 Å². The lowest BCUT2D eigenvalue weighted by atomic mass is 9.87. The highest BCUT2D eigenvalue weighted by atomic mass is 35.5. The summed E-state index contributed by atoms with van der Waals surface area (Å²) >= 11 is 5.80. The molecule has 1 aromatic carbocycles. The van der Waals surface area contributed by atoms with E-state index in [1.165, 1.54) is 0 Å². The Hall–Kier alpha value is -0.780. The predicted octanol–water partition coefficient (Wildman–Crippen LogP) is 4.35. The van der Waals surface area contributed by atoms with Crippen molar-refractivity contribution < 1.29 is 13.2 Å². The lowest BCUT2D eigenvalue weighted by Gasteiger charge is -2.39. The molecule has 2 atom stereocenters. The molecule has 1 unspecified atom stereocenters. The molecule has 1 fully saturated rings. The predicted molar refractivity (Wildman–Crippen MR) is 83.1 cm³/mol. The monoisotopic (exact) mass is 334 g/mol. The molecular weight excluding hydrogens is 313 g/mol. The Kier molecular flexibility index (Phi) is 5.75. The second kappa shape index (κ2) is 7.20. The van der Waals surface area contributed by atoms with E-state index in [-0.39, 0.29) is 17.0 Å². The lowest BCUT2D eigenvalue weighted by molar-refractivity contribution is -0.139. The van der Waals surface area contributed by atoms with E-state index in [1.807, 2.05) is 13.8 Å². The second-order valence-corrected chi connectivity index (χ2v) is 6.28. The number of nitrogens with zero attached hydrogens (tertiary/aromatic N) is 1. The van der Waals surface area contributed by atoms with Crippen molar-refractivity contribution in [2.75, 3.05) is 26.2 Å². The Morgan fingerprint density at radius 1 is 1.27 bits per heavy atom. The van der Waals surface area contributed by atoms with Crippen LogP contribution in [0.15, 0.2) is 18.2 Å². The van der Waals surface area contributed by atoms with E-state index in [0.29, 0.717) is 5.56 Å². The summed E-state index contributed by atoms with van der Waals surface area (Å²) < 4.78 is 40.3. The molecule has 6 heteroatoms. The van der Waals surface area contributed by atoms with Crippen molar-refractivity contribution in [1.82, 2.24) is 10.2 Å². The maximum atomic E-state index is 13.4. The number of nitrogens with one attached hydrogen (secondary N) is 1. The van der Waals surface area contributed by atoms with Gasteiger partial charge in [0.2, 0.25) is 0 Å². The molecule has 0 radical (unpaired) electrons. The molecule has 0 spiro atoms. The fraction of sp³-hybridized carbons (Fsp3) is 0.625. The van der Waals surface area contributed by atoms with Crippen LogP contribution >= 0.6 is 11.6 Å². The summed E-state index contributed by atoms with van der Waals surface area (Å²) in [7, 11) is 0. The van der Waals surface area contributed by atoms with Gasteiger partial charge < -0.3 is 5.32 Å². The van der Waals surface area contributed by atoms with Gasteiger partial charge in [-0.3, -0.25) is 4.90 Å². The molecule has 1 N–H and O–H groups in total. The molecule has 1 saturated heterocycles. The summed E-state index contributed by atoms with van der Waals surface area (Å²) in [6.07, 6.45) is -3.56. The van der Waals surface area contributed by atoms with Crippen molar-refractivity contribution in [1.29, 1.82) is 0 Å². The number of hydrogen-bond donors (Lipinski definition) is 1. The first-order chi connectivity index (χ1) is 10.3. The third-order valence-electron chi connectivity index (χ3n) is 4.37. The van der Waals surface area contributed by atoms with E-state index in [4.69, 9.17) is 11.6 Å². The van der Waals surface area contributed by atoms with Crippen LogP contribution in [0.1, 0.15) is 37.4 Å². The van der Waals surface area contributed by atoms with Crippen LogP contribution in [0.5, 0.6) is 0 Å². The molecule has 0 aliphatic carbocycles. The number of rotatable bonds is 4. The van der Waals surface area contributed by atoms with E-state index in [0.717, 1.165) is 38.7 Å². The number of piperazine rings is 1. The summed E-state index contributed by atoms with van der Waals surface area (Å²) in [5.41, 5.74) is -0.267. The van der Waals surface area contributed by atoms with Crippen LogP contribution in [0.3, 0.4) is 0 Å². The average molecular weight is 335 g/mol. The van der Waals surface area contributed by atoms with E-state index >= 15 is 0 Å². The van der Waals surface area contributed by atoms with Crippen LogP contribution in [-0.4, -0.2) is 31.1 Å². The Morgan fingerprint density at radius 3 is 2.45 bits per heavy atom. The Morgan fingerprint density at radius 2 is 1.91 bits per heavy atom. The Balaban J connectivity index is 2.47. The highest BCUT2D eigenvalue weighted by Gasteiger charge is 2.38. The summed E-state index contributed by atoms with van der Waals surface area (Å²) in [6.45, 7) is 7.16. The Bertz CT molecular complexity index is 499. The maximum absolute atomic E-state index is 13.4. The quantitative estimate of drug-likeness (QED) is 0.880. The van der Waals surface area contributed by atoms with E-state index in [9.17, 15) is 13.2 Å². The fourth-order valence-electron chi connectivity index (χ4n) is 3.08. The molecule has 0 amide bonds. The standard InChI is InChI=1S/C16H22ClF3N2/c1-3-11(2)15(22-8-6-21-7-9-22)13-5-4-12(17)10-14(13)16(18,19)20/h4-5,10-11,15,21H,3,6-9H2,1-2H3/t11?,15-/m1/s1. The van der Waals surface area contributed by atoms with Crippen LogP contribution in [0.4, 0.5) is 13.2 Å². The van der Waals surface area contributed by atoms with E-state index < -0.39 is 11.7 Å². The van der Waals surface area contributed by atoms with Crippen molar-refractivity contribution in [3.05, 3.63) is 34.3 Å². The molecule has 0 aromatic heterocycles. The lowest BCUT2D eigenvalue weighted by Crippen LogP contribution is -2.47. The average Bonchev–Trinajstić information content (AvgIpc) is 2.48. The third-order valence-corrected chi connectivity index (χ3v) is 4.60. The maximum Gasteiger partial charge on any atom is 0.416 e. The van der Waals surface area contributed by atoms with Gasteiger partial charge in [-0.25, -0.2) is 0 Å². The zero-order chi connectivity index (χ0) is 16.3. The number of alkyl halides is 3. The van der Waals surface area contributed by atoms with Gasteiger partial charge in [0, 0.05) is 37.2 Å². The second-order valence-electron chi connectivity index (χ2n) is 5.85. The normalized spacial score (nSPS) is 19.9. The third kappa shape index (κ3) is 3.94. The number of benzene rings is 1. The topological polar surface area (TPSA) is 15.3 Å². The van der Waals surface area contributed by atoms with Gasteiger partial charge in [0.15, 0.2) is 0 Å². The molecule has 1 aliphatic rings. The zero-order valence-electron chi connectivity index (χ0n) is 12.9. The number of hydrogen-bond acceptors (Lipinski definition) is 2. The molecule has 1 aliphatic heterocycles. The largest absolute Gasteiger partial charge is 0.416 e. The van der Waals surface area contributed by atoms with Gasteiger partial charge in [-0.1, -0.05) is 37.9 Å². The zero-order valence-corrected chi connectivity index (χ0v) is 13.6. The van der Waals surface area contributed by atoms with Crippen LogP contribution in [-0.2, 0) is 6.18 Å². The summed E-state index contributed by atoms with van der Waals surface area (Å²) in [4.78, 5) is 2.16. The molecule has 22 heavy (non-hydrogen) atoms. The summed E-state index contributed by atoms with van der Waals surface area (Å²) in [6, 6.07) is 3.92. The fourth-order valence-corrected chi connectivity index (χ4v) is 3.25. The minimum absolute atomic E-state index is 0.124. The van der Waals surface area contributed by atoms with Gasteiger partial charge in [-0.2, -0.15) is 13.2 Å². The molecule has 2 rings (SSSR count). The van der Waals surface area contributed by atoms with Gasteiger partial charge >= 0.3 is 6.18 Å². The van der Waals surface area contributed by atoms with Crippen molar-refractivity contribution >= 4 is 11.6 Å². The smallest absolute Gasteiger partial charge is 0.314 e. The van der Waals surface area contributed by atoms with Crippen LogP contribution < -0.4 is 5.32 Å². The summed E-state index contributed by atoms with van der Waals surface area (Å²) in [5, 5.41) is 3.37. The van der Waals surface area contributed by atoms with Gasteiger partial charge in [0.05, 0.1) is 5.56 Å². The first-order valence-corrected chi connectivity index (χ1v) is 8.03. The van der Waals surface area contributed by atoms with E-state index in [1.54, 1.807) is 12.1 Å². The minimum atomic E-state index is -4.39. The van der Waals surface area contributed by atoms with Crippen molar-refractivity contribution in [2.24, 2.45) is 5.92 Å². The molecule has 2 nitrogen and oxygen atoms in total. The Labute approximate surface area is 134 Å². The highest BCUT2D eigenvalue weighted by Crippen LogP contribution is 2.41. The van der Waals surface area contributed by atoms with Crippen LogP contribution in [0.25, 0.3) is 0 Å². The molecule has 124 valence electrons. The molecular formula is C16H22ClF3N2. The minimum Gasteiger partial charge on any atom is -0.314 e. The van der Waals surface area contributed by atoms with Gasteiger partial charge in [-0.15, -0.1) is 0 Å². The van der Waals surface area contributed by atoms with E-state index in [2.05, 4.69) is 10.2 Å². The van der Waals surface area contributed by atoms with Gasteiger partial charge in [-0.05, 0) is 23.6 Å². The molecule has 1 heterocycles. The molecule has 0 saturated carbocycles.